The van der Waals surface area contributed by atoms with Gasteiger partial charge in [-0.2, -0.15) is 8.78 Å². The van der Waals surface area contributed by atoms with E-state index >= 15 is 8.78 Å². The summed E-state index contributed by atoms with van der Waals surface area (Å²) in [5.74, 6) is -0.910. The van der Waals surface area contributed by atoms with Crippen molar-refractivity contribution in [2.75, 3.05) is 0 Å². The molecule has 1 aliphatic carbocycles. The minimum Gasteiger partial charge on any atom is -0.208 e. The van der Waals surface area contributed by atoms with E-state index in [1.165, 1.54) is 12.1 Å². The predicted octanol–water partition coefficient (Wildman–Crippen LogP) is 12.5. The summed E-state index contributed by atoms with van der Waals surface area (Å²) in [5.41, 5.74) is 4.77. The summed E-state index contributed by atoms with van der Waals surface area (Å²) in [7, 11) is 0. The lowest BCUT2D eigenvalue weighted by molar-refractivity contribution is 0.0481. The lowest BCUT2D eigenvalue weighted by Crippen LogP contribution is -2.11. The summed E-state index contributed by atoms with van der Waals surface area (Å²) in [4.78, 5) is 29.1. The van der Waals surface area contributed by atoms with E-state index in [9.17, 15) is 0 Å². The van der Waals surface area contributed by atoms with Crippen molar-refractivity contribution in [3.05, 3.63) is 193 Å². The summed E-state index contributed by atoms with van der Waals surface area (Å²) in [6, 6.07) is 57.5. The Labute approximate surface area is 337 Å². The highest BCUT2D eigenvalue weighted by atomic mass is 19.3. The van der Waals surface area contributed by atoms with Crippen LogP contribution in [-0.2, 0) is 5.92 Å². The Hall–Kier alpha value is -7.84. The second kappa shape index (κ2) is 13.7. The molecule has 1 aliphatic rings. The zero-order valence-electron chi connectivity index (χ0n) is 31.3. The van der Waals surface area contributed by atoms with Crippen molar-refractivity contribution in [1.82, 2.24) is 29.9 Å². The SMILES string of the molecule is FC1(F)c2cc(-c3nc(-c4ccccc4)nc(-c4ccc5ccccc5c4)n3)ccc2-c2ccc(-c3nc(-c4ccccc4)nc(-c4ccc5ccccc5c4)n3)cc21. The highest BCUT2D eigenvalue weighted by Crippen LogP contribution is 2.52. The van der Waals surface area contributed by atoms with E-state index in [4.69, 9.17) is 29.9 Å². The molecule has 0 spiro atoms. The lowest BCUT2D eigenvalue weighted by atomic mass is 10.0. The Balaban J connectivity index is 1.00. The van der Waals surface area contributed by atoms with Gasteiger partial charge in [-0.1, -0.05) is 158 Å². The van der Waals surface area contributed by atoms with Gasteiger partial charge in [-0.15, -0.1) is 0 Å². The maximum Gasteiger partial charge on any atom is 0.299 e. The Morgan fingerprint density at radius 2 is 0.576 bits per heavy atom. The van der Waals surface area contributed by atoms with Gasteiger partial charge in [-0.3, -0.25) is 0 Å². The molecule has 0 fully saturated rings. The molecule has 0 saturated carbocycles. The number of halogens is 2. The average molecular weight is 765 g/mol. The van der Waals surface area contributed by atoms with Gasteiger partial charge in [0.25, 0.3) is 5.92 Å². The Bertz CT molecular complexity index is 3040. The minimum atomic E-state index is -3.33. The fraction of sp³-hybridized carbons (Fsp3) is 0.0196. The van der Waals surface area contributed by atoms with E-state index in [0.717, 1.165) is 43.8 Å². The van der Waals surface area contributed by atoms with Crippen LogP contribution in [0.15, 0.2) is 182 Å². The molecule has 0 aliphatic heterocycles. The van der Waals surface area contributed by atoms with Crippen molar-refractivity contribution in [3.8, 4) is 79.5 Å². The van der Waals surface area contributed by atoms with Crippen molar-refractivity contribution >= 4 is 21.5 Å². The molecule has 0 radical (unpaired) electrons. The molecule has 11 rings (SSSR count). The number of fused-ring (bicyclic) bond motifs is 5. The smallest absolute Gasteiger partial charge is 0.208 e. The standard InChI is InChI=1S/C51H30F2N6/c52-51(53)43-29-39(49-56-45(33-13-3-1-4-14-33)54-47(58-49)37-21-19-31-11-7-9-17-35(31)27-37)23-25-41(43)42-26-24-40(30-44(42)51)50-57-46(34-15-5-2-6-16-34)55-48(59-50)38-22-20-32-12-8-10-18-36(32)28-38/h1-30H. The fourth-order valence-corrected chi connectivity index (χ4v) is 7.86. The van der Waals surface area contributed by atoms with Crippen molar-refractivity contribution in [2.24, 2.45) is 0 Å². The van der Waals surface area contributed by atoms with Crippen LogP contribution in [0.5, 0.6) is 0 Å². The number of rotatable bonds is 6. The maximum atomic E-state index is 16.9. The molecule has 59 heavy (non-hydrogen) atoms. The van der Waals surface area contributed by atoms with E-state index in [1.54, 1.807) is 24.3 Å². The van der Waals surface area contributed by atoms with Gasteiger partial charge in [0, 0.05) is 44.5 Å². The van der Waals surface area contributed by atoms with Crippen LogP contribution in [0.3, 0.4) is 0 Å². The van der Waals surface area contributed by atoms with Gasteiger partial charge in [0.15, 0.2) is 34.9 Å². The third-order valence-electron chi connectivity index (χ3n) is 10.9. The van der Waals surface area contributed by atoms with E-state index in [0.29, 0.717) is 57.2 Å². The second-order valence-corrected chi connectivity index (χ2v) is 14.6. The first-order chi connectivity index (χ1) is 28.9. The van der Waals surface area contributed by atoms with Gasteiger partial charge >= 0.3 is 0 Å². The first-order valence-electron chi connectivity index (χ1n) is 19.2. The molecule has 2 heterocycles. The number of hydrogen-bond acceptors (Lipinski definition) is 6. The third-order valence-corrected chi connectivity index (χ3v) is 10.9. The molecule has 6 nitrogen and oxygen atoms in total. The second-order valence-electron chi connectivity index (χ2n) is 14.6. The predicted molar refractivity (Wildman–Crippen MR) is 229 cm³/mol. The number of alkyl halides is 2. The van der Waals surface area contributed by atoms with Crippen LogP contribution < -0.4 is 0 Å². The van der Waals surface area contributed by atoms with Gasteiger partial charge in [-0.25, -0.2) is 29.9 Å². The van der Waals surface area contributed by atoms with Crippen LogP contribution >= 0.6 is 0 Å². The molecule has 0 N–H and O–H groups in total. The molecule has 0 unspecified atom stereocenters. The molecule has 8 aromatic carbocycles. The van der Waals surface area contributed by atoms with Crippen LogP contribution in [0.25, 0.3) is 101 Å². The van der Waals surface area contributed by atoms with Crippen LogP contribution in [-0.4, -0.2) is 29.9 Å². The highest BCUT2D eigenvalue weighted by Gasteiger charge is 2.45. The summed E-state index contributed by atoms with van der Waals surface area (Å²) in [6.07, 6.45) is 0. The maximum absolute atomic E-state index is 16.9. The van der Waals surface area contributed by atoms with E-state index in [2.05, 4.69) is 12.1 Å². The zero-order chi connectivity index (χ0) is 39.5. The Morgan fingerprint density at radius 1 is 0.271 bits per heavy atom. The Morgan fingerprint density at radius 3 is 0.966 bits per heavy atom. The largest absolute Gasteiger partial charge is 0.299 e. The van der Waals surface area contributed by atoms with Crippen molar-refractivity contribution in [1.29, 1.82) is 0 Å². The fourth-order valence-electron chi connectivity index (χ4n) is 7.86. The number of nitrogens with zero attached hydrogens (tertiary/aromatic N) is 6. The number of hydrogen-bond donors (Lipinski definition) is 0. The number of aromatic nitrogens is 6. The summed E-state index contributed by atoms with van der Waals surface area (Å²) < 4.78 is 33.8. The quantitative estimate of drug-likeness (QED) is 0.168. The van der Waals surface area contributed by atoms with E-state index in [-0.39, 0.29) is 11.1 Å². The molecule has 278 valence electrons. The van der Waals surface area contributed by atoms with Gasteiger partial charge in [0.1, 0.15) is 0 Å². The van der Waals surface area contributed by atoms with Gasteiger partial charge in [0.2, 0.25) is 0 Å². The van der Waals surface area contributed by atoms with Crippen LogP contribution in [0.4, 0.5) is 8.78 Å². The summed E-state index contributed by atoms with van der Waals surface area (Å²) in [6.45, 7) is 0. The minimum absolute atomic E-state index is 0.117. The Kier molecular flexibility index (Phi) is 7.97. The zero-order valence-corrected chi connectivity index (χ0v) is 31.3. The van der Waals surface area contributed by atoms with Gasteiger partial charge < -0.3 is 0 Å². The summed E-state index contributed by atoms with van der Waals surface area (Å²) >= 11 is 0. The molecule has 8 heteroatoms. The molecular weight excluding hydrogens is 735 g/mol. The first kappa shape index (κ1) is 34.4. The van der Waals surface area contributed by atoms with Gasteiger partial charge in [0.05, 0.1) is 0 Å². The molecular formula is C51H30F2N6. The highest BCUT2D eigenvalue weighted by molar-refractivity contribution is 5.89. The van der Waals surface area contributed by atoms with Crippen LogP contribution in [0, 0.1) is 0 Å². The molecule has 0 amide bonds. The lowest BCUT2D eigenvalue weighted by Gasteiger charge is -2.14. The molecule has 0 saturated heterocycles. The van der Waals surface area contributed by atoms with Crippen molar-refractivity contribution in [2.45, 2.75) is 5.92 Å². The molecule has 0 bridgehead atoms. The van der Waals surface area contributed by atoms with Crippen LogP contribution in [0.2, 0.25) is 0 Å². The topological polar surface area (TPSA) is 77.3 Å². The average Bonchev–Trinajstić information content (AvgIpc) is 3.53. The third kappa shape index (κ3) is 6.09. The van der Waals surface area contributed by atoms with Gasteiger partial charge in [-0.05, 0) is 56.9 Å². The first-order valence-corrected chi connectivity index (χ1v) is 19.2. The summed E-state index contributed by atoms with van der Waals surface area (Å²) in [5, 5.41) is 4.27. The molecule has 10 aromatic rings. The molecule has 0 atom stereocenters. The number of benzene rings is 8. The normalized spacial score (nSPS) is 12.7. The molecule has 2 aromatic heterocycles. The van der Waals surface area contributed by atoms with Crippen molar-refractivity contribution < 1.29 is 8.78 Å². The van der Waals surface area contributed by atoms with E-state index in [1.807, 2.05) is 133 Å². The van der Waals surface area contributed by atoms with E-state index < -0.39 is 5.92 Å². The monoisotopic (exact) mass is 764 g/mol. The van der Waals surface area contributed by atoms with Crippen LogP contribution in [0.1, 0.15) is 11.1 Å². The van der Waals surface area contributed by atoms with Crippen molar-refractivity contribution in [3.63, 3.8) is 0 Å².